The quantitative estimate of drug-likeness (QED) is 0.468. The summed E-state index contributed by atoms with van der Waals surface area (Å²) < 4.78 is 0. The molecule has 0 aliphatic rings. The first-order valence-electron chi connectivity index (χ1n) is 5.54. The van der Waals surface area contributed by atoms with Gasteiger partial charge in [0.2, 0.25) is 11.0 Å². The average molecular weight is 244 g/mol. The molecule has 0 aliphatic heterocycles. The lowest BCUT2D eigenvalue weighted by molar-refractivity contribution is -0.473. The van der Waals surface area contributed by atoms with Crippen LogP contribution < -0.4 is 0 Å². The van der Waals surface area contributed by atoms with E-state index in [9.17, 15) is 5.21 Å². The highest BCUT2D eigenvalue weighted by Gasteiger charge is 1.98. The van der Waals surface area contributed by atoms with E-state index >= 15 is 0 Å². The van der Waals surface area contributed by atoms with Crippen LogP contribution in [-0.2, 0) is 0 Å². The molecule has 2 aromatic carbocycles. The molecular formula is C14H16N2O2. The van der Waals surface area contributed by atoms with Crippen molar-refractivity contribution in [3.8, 4) is 0 Å². The van der Waals surface area contributed by atoms with E-state index in [2.05, 4.69) is 43.4 Å². The maximum Gasteiger partial charge on any atom is 0.248 e. The van der Waals surface area contributed by atoms with Gasteiger partial charge in [-0.05, 0) is 29.8 Å². The second-order valence-electron chi connectivity index (χ2n) is 3.78. The van der Waals surface area contributed by atoms with E-state index in [0.29, 0.717) is 5.69 Å². The molecule has 0 saturated carbocycles. The maximum absolute atomic E-state index is 10.5. The predicted molar refractivity (Wildman–Crippen MR) is 69.9 cm³/mol. The molecule has 0 amide bonds. The molecule has 2 aromatic rings. The molecule has 0 saturated heterocycles. The largest absolute Gasteiger partial charge is 0.592 e. The monoisotopic (exact) mass is 244 g/mol. The van der Waals surface area contributed by atoms with Crippen LogP contribution in [0.2, 0.25) is 0 Å². The third-order valence-electron chi connectivity index (χ3n) is 2.48. The zero-order chi connectivity index (χ0) is 13.4. The first-order chi connectivity index (χ1) is 8.65. The number of benzene rings is 2. The summed E-state index contributed by atoms with van der Waals surface area (Å²) in [5.74, 6) is 0. The molecule has 0 bridgehead atoms. The van der Waals surface area contributed by atoms with Crippen molar-refractivity contribution in [2.24, 2.45) is 5.28 Å². The van der Waals surface area contributed by atoms with Crippen LogP contribution in [-0.4, -0.2) is 10.1 Å². The first-order valence-corrected chi connectivity index (χ1v) is 5.54. The Bertz CT molecular complexity index is 489. The molecule has 2 rings (SSSR count). The minimum absolute atomic E-state index is 0.139. The highest BCUT2D eigenvalue weighted by atomic mass is 16.6. The lowest BCUT2D eigenvalue weighted by atomic mass is 10.1. The van der Waals surface area contributed by atoms with Crippen molar-refractivity contribution in [1.82, 2.24) is 0 Å². The van der Waals surface area contributed by atoms with Gasteiger partial charge in [-0.1, -0.05) is 42.5 Å². The number of hydrogen-bond donors (Lipinski definition) is 1. The third-order valence-corrected chi connectivity index (χ3v) is 2.48. The van der Waals surface area contributed by atoms with Crippen LogP contribution in [0.15, 0.2) is 59.9 Å². The third kappa shape index (κ3) is 4.25. The zero-order valence-electron chi connectivity index (χ0n) is 10.4. The molecule has 0 unspecified atom stereocenters. The molecule has 18 heavy (non-hydrogen) atoms. The molecule has 1 N–H and O–H groups in total. The Kier molecular flexibility index (Phi) is 5.38. The van der Waals surface area contributed by atoms with Crippen molar-refractivity contribution < 1.29 is 10.1 Å². The van der Waals surface area contributed by atoms with E-state index in [1.165, 1.54) is 11.1 Å². The first kappa shape index (κ1) is 13.7. The molecule has 0 heterocycles. The number of para-hydroxylation sites is 1. The zero-order valence-corrected chi connectivity index (χ0v) is 10.4. The number of hydrogen-bond acceptors (Lipinski definition) is 2. The van der Waals surface area contributed by atoms with E-state index in [0.717, 1.165) is 0 Å². The van der Waals surface area contributed by atoms with Gasteiger partial charge < -0.3 is 10.4 Å². The molecule has 0 spiro atoms. The Morgan fingerprint density at radius 1 is 0.889 bits per heavy atom. The van der Waals surface area contributed by atoms with Crippen LogP contribution in [0.1, 0.15) is 11.1 Å². The average Bonchev–Trinajstić information content (AvgIpc) is 2.43. The van der Waals surface area contributed by atoms with E-state index in [4.69, 9.17) is 5.21 Å². The number of nitrogens with zero attached hydrogens (tertiary/aromatic N) is 2. The van der Waals surface area contributed by atoms with Gasteiger partial charge in [-0.25, -0.2) is 0 Å². The molecule has 4 nitrogen and oxygen atoms in total. The summed E-state index contributed by atoms with van der Waals surface area (Å²) in [4.78, 5) is 0.139. The summed E-state index contributed by atoms with van der Waals surface area (Å²) in [5.41, 5.74) is 3.05. The Morgan fingerprint density at radius 3 is 1.72 bits per heavy atom. The molecular weight excluding hydrogens is 228 g/mol. The molecule has 0 atom stereocenters. The van der Waals surface area contributed by atoms with Crippen LogP contribution in [0, 0.1) is 19.1 Å². The minimum Gasteiger partial charge on any atom is -0.592 e. The van der Waals surface area contributed by atoms with Crippen LogP contribution >= 0.6 is 0 Å². The number of rotatable bonds is 1. The Hall–Kier alpha value is -2.36. The number of aryl methyl sites for hydroxylation is 2. The van der Waals surface area contributed by atoms with Crippen molar-refractivity contribution in [3.05, 3.63) is 70.9 Å². The summed E-state index contributed by atoms with van der Waals surface area (Å²) in [6.07, 6.45) is 0. The molecule has 0 aliphatic carbocycles. The van der Waals surface area contributed by atoms with Gasteiger partial charge in [-0.2, -0.15) is 0 Å². The summed E-state index contributed by atoms with van der Waals surface area (Å²) >= 11 is 0. The smallest absolute Gasteiger partial charge is 0.248 e. The molecule has 0 fully saturated rings. The second-order valence-corrected chi connectivity index (χ2v) is 3.78. The highest BCUT2D eigenvalue weighted by Crippen LogP contribution is 2.08. The van der Waals surface area contributed by atoms with Crippen molar-refractivity contribution >= 4 is 5.69 Å². The Labute approximate surface area is 106 Å². The highest BCUT2D eigenvalue weighted by molar-refractivity contribution is 5.27. The van der Waals surface area contributed by atoms with Crippen LogP contribution in [0.3, 0.4) is 0 Å². The predicted octanol–water partition coefficient (Wildman–Crippen LogP) is 3.97. The van der Waals surface area contributed by atoms with Gasteiger partial charge in [0.1, 0.15) is 0 Å². The van der Waals surface area contributed by atoms with Gasteiger partial charge >= 0.3 is 0 Å². The molecule has 4 heteroatoms. The van der Waals surface area contributed by atoms with E-state index < -0.39 is 0 Å². The fraction of sp³-hybridized carbons (Fsp3) is 0.143. The lowest BCUT2D eigenvalue weighted by Gasteiger charge is -1.93. The van der Waals surface area contributed by atoms with Gasteiger partial charge in [0, 0.05) is 12.1 Å². The van der Waals surface area contributed by atoms with Crippen molar-refractivity contribution in [2.75, 3.05) is 0 Å². The lowest BCUT2D eigenvalue weighted by Crippen LogP contribution is -1.88. The summed E-state index contributed by atoms with van der Waals surface area (Å²) in [7, 11) is 0. The Balaban J connectivity index is 0.000000184. The maximum atomic E-state index is 10.5. The van der Waals surface area contributed by atoms with Crippen molar-refractivity contribution in [1.29, 1.82) is 0 Å². The van der Waals surface area contributed by atoms with Crippen molar-refractivity contribution in [2.45, 2.75) is 13.8 Å². The van der Waals surface area contributed by atoms with Crippen molar-refractivity contribution in [3.63, 3.8) is 0 Å². The van der Waals surface area contributed by atoms with Gasteiger partial charge in [0.15, 0.2) is 0 Å². The minimum atomic E-state index is 0.139. The normalized spacial score (nSPS) is 10.4. The molecule has 94 valence electrons. The summed E-state index contributed by atoms with van der Waals surface area (Å²) in [5, 5.41) is 21.0. The van der Waals surface area contributed by atoms with E-state index in [1.807, 2.05) is 0 Å². The van der Waals surface area contributed by atoms with Crippen LogP contribution in [0.25, 0.3) is 0 Å². The SMILES string of the molecule is Cc1ccccc1C.[O-][N+](=NO)c1ccccc1. The topological polar surface area (TPSA) is 58.7 Å². The van der Waals surface area contributed by atoms with Gasteiger partial charge in [-0.15, -0.1) is 0 Å². The Morgan fingerprint density at radius 2 is 1.33 bits per heavy atom. The van der Waals surface area contributed by atoms with Gasteiger partial charge in [0.05, 0.1) is 0 Å². The standard InChI is InChI=1S/C8H10.C6H6N2O2/c1-7-5-3-4-6-8(7)2;9-7-8(10)6-4-2-1-3-5-6/h3-6H,1-2H3;1-5,9H. The fourth-order valence-corrected chi connectivity index (χ4v) is 1.27. The summed E-state index contributed by atoms with van der Waals surface area (Å²) in [6, 6.07) is 16.6. The van der Waals surface area contributed by atoms with Gasteiger partial charge in [-0.3, -0.25) is 0 Å². The van der Waals surface area contributed by atoms with Crippen LogP contribution in [0.4, 0.5) is 5.69 Å². The second kappa shape index (κ2) is 7.06. The van der Waals surface area contributed by atoms with Crippen LogP contribution in [0.5, 0.6) is 0 Å². The molecule has 0 radical (unpaired) electrons. The summed E-state index contributed by atoms with van der Waals surface area (Å²) in [6.45, 7) is 4.24. The van der Waals surface area contributed by atoms with E-state index in [1.54, 1.807) is 30.3 Å². The van der Waals surface area contributed by atoms with E-state index in [-0.39, 0.29) is 4.86 Å². The van der Waals surface area contributed by atoms with Gasteiger partial charge in [0.25, 0.3) is 0 Å². The fourth-order valence-electron chi connectivity index (χ4n) is 1.27. The molecule has 0 aromatic heterocycles.